The summed E-state index contributed by atoms with van der Waals surface area (Å²) < 4.78 is 5.33. The lowest BCUT2D eigenvalue weighted by molar-refractivity contribution is -0.139. The van der Waals surface area contributed by atoms with Crippen molar-refractivity contribution >= 4 is 22.4 Å². The summed E-state index contributed by atoms with van der Waals surface area (Å²) >= 11 is 1.42. The molecule has 1 unspecified atom stereocenters. The van der Waals surface area contributed by atoms with E-state index in [2.05, 4.69) is 31.0 Å². The second-order valence-corrected chi connectivity index (χ2v) is 6.02. The first-order chi connectivity index (χ1) is 10.6. The lowest BCUT2D eigenvalue weighted by Gasteiger charge is -2.31. The molecular formula is C12H18N6O3S. The Morgan fingerprint density at radius 1 is 1.45 bits per heavy atom. The van der Waals surface area contributed by atoms with Crippen LogP contribution in [0.3, 0.4) is 0 Å². The Balaban J connectivity index is 1.80. The molecule has 120 valence electrons. The minimum absolute atomic E-state index is 0.632. The third-order valence-electron chi connectivity index (χ3n) is 3.50. The number of rotatable bonds is 5. The highest BCUT2D eigenvalue weighted by atomic mass is 32.1. The number of morpholine rings is 1. The summed E-state index contributed by atoms with van der Waals surface area (Å²) in [5, 5.41) is 28.2. The maximum Gasteiger partial charge on any atom is 0.320 e. The van der Waals surface area contributed by atoms with Crippen molar-refractivity contribution in [3.8, 4) is 0 Å². The molecule has 1 aromatic heterocycles. The summed E-state index contributed by atoms with van der Waals surface area (Å²) in [6.45, 7) is 4.48. The van der Waals surface area contributed by atoms with Crippen LogP contribution in [0.2, 0.25) is 0 Å². The SMILES string of the molecule is CC(NC1(c2nnc(N3CCOCC3)s2)NC=CN1)C(=O)O. The van der Waals surface area contributed by atoms with Crippen LogP contribution in [-0.2, 0) is 15.3 Å². The molecule has 0 saturated carbocycles. The molecule has 3 heterocycles. The van der Waals surface area contributed by atoms with Gasteiger partial charge in [0.2, 0.25) is 10.9 Å². The maximum absolute atomic E-state index is 11.1. The van der Waals surface area contributed by atoms with E-state index in [9.17, 15) is 4.79 Å². The molecule has 22 heavy (non-hydrogen) atoms. The predicted molar refractivity (Wildman–Crippen MR) is 80.3 cm³/mol. The summed E-state index contributed by atoms with van der Waals surface area (Å²) in [6.07, 6.45) is 3.41. The number of anilines is 1. The zero-order valence-electron chi connectivity index (χ0n) is 12.1. The molecule has 0 bridgehead atoms. The number of nitrogens with zero attached hydrogens (tertiary/aromatic N) is 3. The highest BCUT2D eigenvalue weighted by Crippen LogP contribution is 2.28. The number of nitrogens with one attached hydrogen (secondary N) is 3. The number of ether oxygens (including phenoxy) is 1. The van der Waals surface area contributed by atoms with Gasteiger partial charge in [0, 0.05) is 25.5 Å². The van der Waals surface area contributed by atoms with Crippen molar-refractivity contribution in [2.75, 3.05) is 31.2 Å². The van der Waals surface area contributed by atoms with Gasteiger partial charge < -0.3 is 25.4 Å². The van der Waals surface area contributed by atoms with Crippen molar-refractivity contribution in [3.63, 3.8) is 0 Å². The van der Waals surface area contributed by atoms with E-state index in [0.29, 0.717) is 18.2 Å². The first-order valence-corrected chi connectivity index (χ1v) is 7.80. The third-order valence-corrected chi connectivity index (χ3v) is 4.61. The Morgan fingerprint density at radius 3 is 2.77 bits per heavy atom. The normalized spacial score (nSPS) is 21.2. The fraction of sp³-hybridized carbons (Fsp3) is 0.583. The maximum atomic E-state index is 11.1. The van der Waals surface area contributed by atoms with Crippen LogP contribution < -0.4 is 20.9 Å². The molecule has 4 N–H and O–H groups in total. The average Bonchev–Trinajstić information content (AvgIpc) is 3.17. The molecule has 0 radical (unpaired) electrons. The number of carboxylic acid groups (broad SMARTS) is 1. The Hall–Kier alpha value is -1.91. The minimum Gasteiger partial charge on any atom is -0.480 e. The molecule has 0 aromatic carbocycles. The summed E-state index contributed by atoms with van der Waals surface area (Å²) in [5.74, 6) is -1.88. The Bertz CT molecular complexity index is 563. The molecule has 0 amide bonds. The van der Waals surface area contributed by atoms with Crippen LogP contribution in [0.15, 0.2) is 12.4 Å². The van der Waals surface area contributed by atoms with Crippen molar-refractivity contribution in [3.05, 3.63) is 17.4 Å². The molecule has 1 saturated heterocycles. The van der Waals surface area contributed by atoms with Crippen LogP contribution in [0.25, 0.3) is 0 Å². The second-order valence-electron chi connectivity index (χ2n) is 5.07. The summed E-state index contributed by atoms with van der Waals surface area (Å²) in [5.41, 5.74) is 0. The Kier molecular flexibility index (Phi) is 4.14. The quantitative estimate of drug-likeness (QED) is 0.553. The van der Waals surface area contributed by atoms with Crippen molar-refractivity contribution in [1.82, 2.24) is 26.1 Å². The Morgan fingerprint density at radius 2 is 2.14 bits per heavy atom. The number of hydrogen-bond acceptors (Lipinski definition) is 9. The summed E-state index contributed by atoms with van der Waals surface area (Å²) in [6, 6.07) is -0.754. The molecule has 1 aromatic rings. The van der Waals surface area contributed by atoms with E-state index in [1.807, 2.05) is 0 Å². The van der Waals surface area contributed by atoms with Crippen molar-refractivity contribution in [2.45, 2.75) is 18.8 Å². The number of carboxylic acids is 1. The molecule has 0 spiro atoms. The van der Waals surface area contributed by atoms with E-state index in [1.54, 1.807) is 19.3 Å². The molecular weight excluding hydrogens is 308 g/mol. The van der Waals surface area contributed by atoms with Crippen LogP contribution in [-0.4, -0.2) is 53.6 Å². The van der Waals surface area contributed by atoms with Gasteiger partial charge in [-0.05, 0) is 6.92 Å². The zero-order chi connectivity index (χ0) is 15.6. The average molecular weight is 326 g/mol. The fourth-order valence-corrected chi connectivity index (χ4v) is 3.26. The molecule has 1 fully saturated rings. The second kappa shape index (κ2) is 6.07. The molecule has 10 heteroatoms. The number of aromatic nitrogens is 2. The van der Waals surface area contributed by atoms with Crippen molar-refractivity contribution in [2.24, 2.45) is 0 Å². The topological polar surface area (TPSA) is 112 Å². The van der Waals surface area contributed by atoms with E-state index < -0.39 is 17.8 Å². The third kappa shape index (κ3) is 2.85. The van der Waals surface area contributed by atoms with Crippen LogP contribution in [0, 0.1) is 0 Å². The molecule has 1 atom stereocenters. The van der Waals surface area contributed by atoms with E-state index in [0.717, 1.165) is 18.2 Å². The standard InChI is InChI=1S/C12H18N6O3S/c1-8(9(19)20)15-12(13-2-3-14-12)10-16-17-11(22-10)18-4-6-21-7-5-18/h2-3,8,13-15H,4-7H2,1H3,(H,19,20). The first kappa shape index (κ1) is 15.0. The van der Waals surface area contributed by atoms with Gasteiger partial charge in [0.05, 0.1) is 13.2 Å². The van der Waals surface area contributed by atoms with Gasteiger partial charge in [0.1, 0.15) is 6.04 Å². The van der Waals surface area contributed by atoms with E-state index in [4.69, 9.17) is 9.84 Å². The summed E-state index contributed by atoms with van der Waals surface area (Å²) in [4.78, 5) is 13.2. The van der Waals surface area contributed by atoms with E-state index >= 15 is 0 Å². The van der Waals surface area contributed by atoms with Crippen molar-refractivity contribution < 1.29 is 14.6 Å². The lowest BCUT2D eigenvalue weighted by atomic mass is 10.2. The van der Waals surface area contributed by atoms with Gasteiger partial charge in [-0.2, -0.15) is 0 Å². The van der Waals surface area contributed by atoms with Crippen LogP contribution in [0.4, 0.5) is 5.13 Å². The van der Waals surface area contributed by atoms with Gasteiger partial charge in [0.25, 0.3) is 0 Å². The van der Waals surface area contributed by atoms with Gasteiger partial charge in [-0.3, -0.25) is 10.1 Å². The molecule has 2 aliphatic rings. The van der Waals surface area contributed by atoms with Gasteiger partial charge in [-0.1, -0.05) is 11.3 Å². The monoisotopic (exact) mass is 326 g/mol. The van der Waals surface area contributed by atoms with Gasteiger partial charge in [0.15, 0.2) is 5.01 Å². The number of aliphatic carboxylic acids is 1. The largest absolute Gasteiger partial charge is 0.480 e. The van der Waals surface area contributed by atoms with Crippen LogP contribution in [0.1, 0.15) is 11.9 Å². The van der Waals surface area contributed by atoms with Crippen LogP contribution >= 0.6 is 11.3 Å². The van der Waals surface area contributed by atoms with Gasteiger partial charge in [-0.25, -0.2) is 0 Å². The van der Waals surface area contributed by atoms with E-state index in [-0.39, 0.29) is 0 Å². The van der Waals surface area contributed by atoms with Gasteiger partial charge >= 0.3 is 5.97 Å². The van der Waals surface area contributed by atoms with Gasteiger partial charge in [-0.15, -0.1) is 10.2 Å². The smallest absolute Gasteiger partial charge is 0.320 e. The summed E-state index contributed by atoms with van der Waals surface area (Å²) in [7, 11) is 0. The van der Waals surface area contributed by atoms with Crippen molar-refractivity contribution in [1.29, 1.82) is 0 Å². The lowest BCUT2D eigenvalue weighted by Crippen LogP contribution is -2.61. The molecule has 3 rings (SSSR count). The molecule has 2 aliphatic heterocycles. The highest BCUT2D eigenvalue weighted by molar-refractivity contribution is 7.15. The number of hydrogen-bond donors (Lipinski definition) is 4. The first-order valence-electron chi connectivity index (χ1n) is 6.98. The molecule has 9 nitrogen and oxygen atoms in total. The zero-order valence-corrected chi connectivity index (χ0v) is 12.9. The fourth-order valence-electron chi connectivity index (χ4n) is 2.28. The predicted octanol–water partition coefficient (Wildman–Crippen LogP) is -0.788. The van der Waals surface area contributed by atoms with Crippen LogP contribution in [0.5, 0.6) is 0 Å². The highest BCUT2D eigenvalue weighted by Gasteiger charge is 2.39. The van der Waals surface area contributed by atoms with E-state index in [1.165, 1.54) is 11.3 Å². The Labute approximate surface area is 131 Å². The minimum atomic E-state index is -0.944. The number of carbonyl (C=O) groups is 1. The molecule has 0 aliphatic carbocycles.